The number of fused-ring (bicyclic) bond motifs is 1. The molecule has 134 valence electrons. The second-order valence-corrected chi connectivity index (χ2v) is 6.43. The van der Waals surface area contributed by atoms with Crippen molar-refractivity contribution in [3.8, 4) is 0 Å². The van der Waals surface area contributed by atoms with E-state index in [4.69, 9.17) is 0 Å². The van der Waals surface area contributed by atoms with Crippen LogP contribution in [0, 0.1) is 0 Å². The quantitative estimate of drug-likeness (QED) is 0.485. The van der Waals surface area contributed by atoms with Gasteiger partial charge >= 0.3 is 0 Å². The molecule has 1 heterocycles. The summed E-state index contributed by atoms with van der Waals surface area (Å²) in [5, 5.41) is 7.49. The van der Waals surface area contributed by atoms with Gasteiger partial charge in [0.2, 0.25) is 5.91 Å². The van der Waals surface area contributed by atoms with Crippen LogP contribution in [0.5, 0.6) is 0 Å². The van der Waals surface area contributed by atoms with Crippen molar-refractivity contribution in [3.05, 3.63) is 91.1 Å². The zero-order chi connectivity index (χ0) is 18.5. The van der Waals surface area contributed by atoms with Crippen LogP contribution in [0.3, 0.4) is 0 Å². The van der Waals surface area contributed by atoms with E-state index in [0.29, 0.717) is 13.0 Å². The van der Waals surface area contributed by atoms with Crippen molar-refractivity contribution in [2.75, 3.05) is 10.6 Å². The molecule has 27 heavy (non-hydrogen) atoms. The average Bonchev–Trinajstić information content (AvgIpc) is 3.12. The number of hydrogen-bond donors (Lipinski definition) is 2. The fourth-order valence-electron chi connectivity index (χ4n) is 3.11. The van der Waals surface area contributed by atoms with E-state index >= 15 is 0 Å². The van der Waals surface area contributed by atoms with Gasteiger partial charge in [0.15, 0.2) is 0 Å². The molecule has 4 nitrogen and oxygen atoms in total. The summed E-state index contributed by atoms with van der Waals surface area (Å²) in [7, 11) is 0. The van der Waals surface area contributed by atoms with Crippen molar-refractivity contribution in [1.29, 1.82) is 0 Å². The largest absolute Gasteiger partial charge is 0.356 e. The van der Waals surface area contributed by atoms with Crippen molar-refractivity contribution in [3.63, 3.8) is 0 Å². The fourth-order valence-corrected chi connectivity index (χ4v) is 3.11. The molecular formula is C23H21N3O. The maximum Gasteiger partial charge on any atom is 0.226 e. The molecule has 0 fully saturated rings. The molecule has 0 aliphatic carbocycles. The lowest BCUT2D eigenvalue weighted by Gasteiger charge is -2.09. The van der Waals surface area contributed by atoms with Gasteiger partial charge in [-0.15, -0.1) is 0 Å². The molecule has 4 aromatic rings. The molecule has 4 rings (SSSR count). The van der Waals surface area contributed by atoms with Crippen molar-refractivity contribution >= 4 is 33.9 Å². The number of amides is 1. The Labute approximate surface area is 158 Å². The SMILES string of the molecule is O=C(CCn1ccc2ccccc21)Nc1ccc(Nc2ccccc2)cc1. The van der Waals surface area contributed by atoms with Gasteiger partial charge in [-0.2, -0.15) is 0 Å². The van der Waals surface area contributed by atoms with Crippen LogP contribution in [0.1, 0.15) is 6.42 Å². The van der Waals surface area contributed by atoms with E-state index in [2.05, 4.69) is 33.4 Å². The van der Waals surface area contributed by atoms with Crippen LogP contribution in [-0.4, -0.2) is 10.5 Å². The van der Waals surface area contributed by atoms with E-state index in [1.54, 1.807) is 0 Å². The van der Waals surface area contributed by atoms with E-state index in [1.165, 1.54) is 5.39 Å². The number of aromatic nitrogens is 1. The summed E-state index contributed by atoms with van der Waals surface area (Å²) in [4.78, 5) is 12.3. The highest BCUT2D eigenvalue weighted by molar-refractivity contribution is 5.91. The summed E-state index contributed by atoms with van der Waals surface area (Å²) in [5.74, 6) is 0.0107. The van der Waals surface area contributed by atoms with Crippen LogP contribution in [0.4, 0.5) is 17.1 Å². The summed E-state index contributed by atoms with van der Waals surface area (Å²) in [6.07, 6.45) is 2.46. The van der Waals surface area contributed by atoms with Gasteiger partial charge in [0.1, 0.15) is 0 Å². The molecule has 0 aliphatic rings. The number of rotatable bonds is 6. The average molecular weight is 355 g/mol. The molecule has 0 atom stereocenters. The number of nitrogens with zero attached hydrogens (tertiary/aromatic N) is 1. The number of carbonyl (C=O) groups excluding carboxylic acids is 1. The first-order valence-electron chi connectivity index (χ1n) is 9.04. The summed E-state index contributed by atoms with van der Waals surface area (Å²) in [6.45, 7) is 0.660. The Morgan fingerprint density at radius 1 is 0.741 bits per heavy atom. The second kappa shape index (κ2) is 7.79. The van der Waals surface area contributed by atoms with Crippen molar-refractivity contribution in [1.82, 2.24) is 4.57 Å². The van der Waals surface area contributed by atoms with Crippen LogP contribution < -0.4 is 10.6 Å². The first-order valence-corrected chi connectivity index (χ1v) is 9.04. The smallest absolute Gasteiger partial charge is 0.226 e. The molecule has 2 N–H and O–H groups in total. The third-order valence-electron chi connectivity index (χ3n) is 4.49. The third kappa shape index (κ3) is 4.18. The Bertz CT molecular complexity index is 1040. The highest BCUT2D eigenvalue weighted by Crippen LogP contribution is 2.19. The molecule has 0 spiro atoms. The van der Waals surface area contributed by atoms with Crippen molar-refractivity contribution in [2.45, 2.75) is 13.0 Å². The van der Waals surface area contributed by atoms with Crippen LogP contribution in [-0.2, 0) is 11.3 Å². The van der Waals surface area contributed by atoms with E-state index < -0.39 is 0 Å². The Hall–Kier alpha value is -3.53. The van der Waals surface area contributed by atoms with Crippen LogP contribution in [0.2, 0.25) is 0 Å². The molecule has 0 aliphatic heterocycles. The van der Waals surface area contributed by atoms with Gasteiger partial charge in [-0.05, 0) is 53.9 Å². The highest BCUT2D eigenvalue weighted by Gasteiger charge is 2.05. The fraction of sp³-hybridized carbons (Fsp3) is 0.0870. The Morgan fingerprint density at radius 3 is 2.22 bits per heavy atom. The third-order valence-corrected chi connectivity index (χ3v) is 4.49. The van der Waals surface area contributed by atoms with Gasteiger partial charge in [0.25, 0.3) is 0 Å². The van der Waals surface area contributed by atoms with Crippen molar-refractivity contribution in [2.24, 2.45) is 0 Å². The van der Waals surface area contributed by atoms with Crippen LogP contribution in [0.15, 0.2) is 91.1 Å². The maximum atomic E-state index is 12.3. The Balaban J connectivity index is 1.33. The number of benzene rings is 3. The number of anilines is 3. The Kier molecular flexibility index (Phi) is 4.88. The van der Waals surface area contributed by atoms with Crippen LogP contribution in [0.25, 0.3) is 10.9 Å². The van der Waals surface area contributed by atoms with Gasteiger partial charge in [-0.3, -0.25) is 4.79 Å². The molecule has 0 unspecified atom stereocenters. The van der Waals surface area contributed by atoms with Gasteiger partial charge in [-0.25, -0.2) is 0 Å². The number of carbonyl (C=O) groups is 1. The molecule has 3 aromatic carbocycles. The lowest BCUT2D eigenvalue weighted by molar-refractivity contribution is -0.116. The van der Waals surface area contributed by atoms with Gasteiger partial charge in [0.05, 0.1) is 0 Å². The monoisotopic (exact) mass is 355 g/mol. The molecule has 1 amide bonds. The summed E-state index contributed by atoms with van der Waals surface area (Å²) < 4.78 is 2.11. The minimum atomic E-state index is 0.0107. The van der Waals surface area contributed by atoms with E-state index in [1.807, 2.05) is 72.9 Å². The molecular weight excluding hydrogens is 334 g/mol. The van der Waals surface area contributed by atoms with Gasteiger partial charge in [-0.1, -0.05) is 36.4 Å². The number of hydrogen-bond acceptors (Lipinski definition) is 2. The lowest BCUT2D eigenvalue weighted by Crippen LogP contribution is -2.14. The maximum absolute atomic E-state index is 12.3. The number of para-hydroxylation sites is 2. The first-order chi connectivity index (χ1) is 13.3. The summed E-state index contributed by atoms with van der Waals surface area (Å²) in [6, 6.07) is 28.0. The predicted octanol–water partition coefficient (Wildman–Crippen LogP) is 5.41. The topological polar surface area (TPSA) is 46.1 Å². The zero-order valence-electron chi connectivity index (χ0n) is 14.9. The van der Waals surface area contributed by atoms with E-state index in [0.717, 1.165) is 22.6 Å². The second-order valence-electron chi connectivity index (χ2n) is 6.43. The standard InChI is InChI=1S/C23H21N3O/c27-23(15-17-26-16-14-18-6-4-5-9-22(18)26)25-21-12-10-20(11-13-21)24-19-7-2-1-3-8-19/h1-14,16,24H,15,17H2,(H,25,27). The van der Waals surface area contributed by atoms with E-state index in [-0.39, 0.29) is 5.91 Å². The predicted molar refractivity (Wildman–Crippen MR) is 111 cm³/mol. The minimum Gasteiger partial charge on any atom is -0.356 e. The number of aryl methyl sites for hydroxylation is 1. The molecule has 1 aromatic heterocycles. The molecule has 0 radical (unpaired) electrons. The molecule has 0 bridgehead atoms. The summed E-state index contributed by atoms with van der Waals surface area (Å²) in [5.41, 5.74) is 3.98. The van der Waals surface area contributed by atoms with Gasteiger partial charge < -0.3 is 15.2 Å². The molecule has 4 heteroatoms. The van der Waals surface area contributed by atoms with Crippen molar-refractivity contribution < 1.29 is 4.79 Å². The van der Waals surface area contributed by atoms with Gasteiger partial charge in [0, 0.05) is 41.7 Å². The van der Waals surface area contributed by atoms with Crippen LogP contribution >= 0.6 is 0 Å². The normalized spacial score (nSPS) is 10.7. The minimum absolute atomic E-state index is 0.0107. The Morgan fingerprint density at radius 2 is 1.41 bits per heavy atom. The summed E-state index contributed by atoms with van der Waals surface area (Å²) >= 11 is 0. The zero-order valence-corrected chi connectivity index (χ0v) is 14.9. The molecule has 0 saturated heterocycles. The first kappa shape index (κ1) is 16.9. The lowest BCUT2D eigenvalue weighted by atomic mass is 10.2. The molecule has 0 saturated carbocycles. The highest BCUT2D eigenvalue weighted by atomic mass is 16.1. The van der Waals surface area contributed by atoms with E-state index in [9.17, 15) is 4.79 Å². The number of nitrogens with one attached hydrogen (secondary N) is 2.